The molecule has 2 saturated heterocycles. The van der Waals surface area contributed by atoms with Crippen molar-refractivity contribution >= 4 is 22.8 Å². The highest BCUT2D eigenvalue weighted by Gasteiger charge is 2.53. The Morgan fingerprint density at radius 2 is 1.93 bits per heavy atom. The fraction of sp³-hybridized carbons (Fsp3) is 0.391. The number of hydrogen-bond acceptors (Lipinski definition) is 4. The molecule has 7 heteroatoms. The van der Waals surface area contributed by atoms with E-state index in [1.165, 1.54) is 0 Å². The summed E-state index contributed by atoms with van der Waals surface area (Å²) in [5.41, 5.74) is 1.30. The van der Waals surface area contributed by atoms with Gasteiger partial charge in [-0.3, -0.25) is 14.6 Å². The van der Waals surface area contributed by atoms with E-state index in [4.69, 9.17) is 0 Å². The van der Waals surface area contributed by atoms with Crippen molar-refractivity contribution in [2.45, 2.75) is 37.8 Å². The van der Waals surface area contributed by atoms with Gasteiger partial charge in [-0.1, -0.05) is 6.07 Å². The van der Waals surface area contributed by atoms with Crippen molar-refractivity contribution in [3.05, 3.63) is 60.2 Å². The SMILES string of the molecule is Cn1ccc2ccc(C(=O)N3CCCC34CCCN(Cc3ccccn3)C4=O)nc21. The molecule has 2 amide bonds. The minimum Gasteiger partial charge on any atom is -0.336 e. The van der Waals surface area contributed by atoms with Gasteiger partial charge in [0, 0.05) is 37.9 Å². The van der Waals surface area contributed by atoms with Crippen LogP contribution in [0.2, 0.25) is 0 Å². The highest BCUT2D eigenvalue weighted by Crippen LogP contribution is 2.39. The largest absolute Gasteiger partial charge is 0.336 e. The molecule has 2 aliphatic heterocycles. The lowest BCUT2D eigenvalue weighted by molar-refractivity contribution is -0.146. The maximum atomic E-state index is 13.6. The lowest BCUT2D eigenvalue weighted by Crippen LogP contribution is -2.61. The molecule has 1 atom stereocenters. The first kappa shape index (κ1) is 18.8. The zero-order valence-electron chi connectivity index (χ0n) is 17.1. The van der Waals surface area contributed by atoms with Gasteiger partial charge < -0.3 is 14.4 Å². The molecule has 3 aromatic rings. The third kappa shape index (κ3) is 2.96. The number of fused-ring (bicyclic) bond motifs is 1. The van der Waals surface area contributed by atoms with E-state index >= 15 is 0 Å². The van der Waals surface area contributed by atoms with Crippen LogP contribution in [-0.2, 0) is 18.4 Å². The molecule has 0 bridgehead atoms. The number of hydrogen-bond donors (Lipinski definition) is 0. The van der Waals surface area contributed by atoms with E-state index in [0.717, 1.165) is 29.6 Å². The van der Waals surface area contributed by atoms with Gasteiger partial charge >= 0.3 is 0 Å². The fourth-order valence-electron chi connectivity index (χ4n) is 4.95. The number of aromatic nitrogens is 3. The highest BCUT2D eigenvalue weighted by molar-refractivity contribution is 6.00. The second-order valence-corrected chi connectivity index (χ2v) is 8.28. The van der Waals surface area contributed by atoms with Crippen LogP contribution in [-0.4, -0.2) is 54.8 Å². The number of carbonyl (C=O) groups excluding carboxylic acids is 2. The first-order chi connectivity index (χ1) is 14.6. The van der Waals surface area contributed by atoms with Crippen molar-refractivity contribution in [1.82, 2.24) is 24.3 Å². The van der Waals surface area contributed by atoms with Crippen LogP contribution >= 0.6 is 0 Å². The Morgan fingerprint density at radius 1 is 1.10 bits per heavy atom. The molecule has 30 heavy (non-hydrogen) atoms. The Labute approximate surface area is 175 Å². The summed E-state index contributed by atoms with van der Waals surface area (Å²) in [7, 11) is 1.92. The Hall–Kier alpha value is -3.22. The summed E-state index contributed by atoms with van der Waals surface area (Å²) in [5, 5.41) is 1.00. The molecule has 0 N–H and O–H groups in total. The first-order valence-corrected chi connectivity index (χ1v) is 10.5. The number of likely N-dealkylation sites (tertiary alicyclic amines) is 2. The van der Waals surface area contributed by atoms with Crippen LogP contribution < -0.4 is 0 Å². The number of amides is 2. The summed E-state index contributed by atoms with van der Waals surface area (Å²) in [6.07, 6.45) is 6.82. The van der Waals surface area contributed by atoms with Gasteiger partial charge in [0.15, 0.2) is 0 Å². The van der Waals surface area contributed by atoms with Crippen LogP contribution in [0.4, 0.5) is 0 Å². The maximum absolute atomic E-state index is 13.6. The molecular formula is C23H25N5O2. The summed E-state index contributed by atoms with van der Waals surface area (Å²) in [6.45, 7) is 1.78. The normalized spacial score (nSPS) is 21.7. The number of rotatable bonds is 3. The van der Waals surface area contributed by atoms with Gasteiger partial charge in [-0.05, 0) is 56.0 Å². The average molecular weight is 403 g/mol. The van der Waals surface area contributed by atoms with Crippen LogP contribution in [0.15, 0.2) is 48.8 Å². The predicted molar refractivity (Wildman–Crippen MR) is 113 cm³/mol. The minimum atomic E-state index is -0.755. The number of carbonyl (C=O) groups is 2. The molecular weight excluding hydrogens is 378 g/mol. The molecule has 0 aliphatic carbocycles. The molecule has 154 valence electrons. The van der Waals surface area contributed by atoms with Crippen molar-refractivity contribution in [3.63, 3.8) is 0 Å². The van der Waals surface area contributed by atoms with Gasteiger partial charge in [0.25, 0.3) is 5.91 Å². The molecule has 3 aromatic heterocycles. The van der Waals surface area contributed by atoms with E-state index in [1.807, 2.05) is 53.0 Å². The maximum Gasteiger partial charge on any atom is 0.273 e. The lowest BCUT2D eigenvalue weighted by Gasteiger charge is -2.44. The van der Waals surface area contributed by atoms with Crippen molar-refractivity contribution in [3.8, 4) is 0 Å². The van der Waals surface area contributed by atoms with E-state index in [-0.39, 0.29) is 11.8 Å². The van der Waals surface area contributed by atoms with E-state index in [1.54, 1.807) is 17.2 Å². The third-order valence-corrected chi connectivity index (χ3v) is 6.45. The molecule has 1 spiro atoms. The Kier molecular flexibility index (Phi) is 4.53. The fourth-order valence-corrected chi connectivity index (χ4v) is 4.95. The predicted octanol–water partition coefficient (Wildman–Crippen LogP) is 2.77. The highest BCUT2D eigenvalue weighted by atomic mass is 16.2. The summed E-state index contributed by atoms with van der Waals surface area (Å²) >= 11 is 0. The van der Waals surface area contributed by atoms with Gasteiger partial charge in [-0.2, -0.15) is 0 Å². The van der Waals surface area contributed by atoms with Gasteiger partial charge in [0.05, 0.1) is 12.2 Å². The molecule has 5 heterocycles. The van der Waals surface area contributed by atoms with E-state index in [0.29, 0.717) is 38.2 Å². The molecule has 5 rings (SSSR count). The summed E-state index contributed by atoms with van der Waals surface area (Å²) in [6, 6.07) is 11.4. The summed E-state index contributed by atoms with van der Waals surface area (Å²) in [4.78, 5) is 39.7. The monoisotopic (exact) mass is 403 g/mol. The number of nitrogens with zero attached hydrogens (tertiary/aromatic N) is 5. The van der Waals surface area contributed by atoms with Gasteiger partial charge in [0.2, 0.25) is 5.91 Å². The molecule has 1 unspecified atom stereocenters. The smallest absolute Gasteiger partial charge is 0.273 e. The Balaban J connectivity index is 1.44. The molecule has 0 radical (unpaired) electrons. The van der Waals surface area contributed by atoms with Gasteiger partial charge in [0.1, 0.15) is 16.9 Å². The Bertz CT molecular complexity index is 1110. The van der Waals surface area contributed by atoms with E-state index in [2.05, 4.69) is 9.97 Å². The lowest BCUT2D eigenvalue weighted by atomic mass is 9.85. The van der Waals surface area contributed by atoms with Crippen LogP contribution in [0.3, 0.4) is 0 Å². The molecule has 0 aromatic carbocycles. The van der Waals surface area contributed by atoms with E-state index < -0.39 is 5.54 Å². The molecule has 0 saturated carbocycles. The Morgan fingerprint density at radius 3 is 2.73 bits per heavy atom. The van der Waals surface area contributed by atoms with E-state index in [9.17, 15) is 9.59 Å². The zero-order chi connectivity index (χ0) is 20.7. The van der Waals surface area contributed by atoms with Crippen molar-refractivity contribution in [1.29, 1.82) is 0 Å². The summed E-state index contributed by atoms with van der Waals surface area (Å²) in [5.74, 6) is -0.103. The topological polar surface area (TPSA) is 71.3 Å². The first-order valence-electron chi connectivity index (χ1n) is 10.5. The minimum absolute atomic E-state index is 0.0465. The second kappa shape index (κ2) is 7.23. The molecule has 7 nitrogen and oxygen atoms in total. The van der Waals surface area contributed by atoms with Crippen LogP contribution in [0.25, 0.3) is 11.0 Å². The molecule has 2 aliphatic rings. The number of piperidine rings is 1. The van der Waals surface area contributed by atoms with Crippen molar-refractivity contribution < 1.29 is 9.59 Å². The van der Waals surface area contributed by atoms with Gasteiger partial charge in [-0.15, -0.1) is 0 Å². The van der Waals surface area contributed by atoms with Crippen LogP contribution in [0.5, 0.6) is 0 Å². The zero-order valence-corrected chi connectivity index (χ0v) is 17.1. The summed E-state index contributed by atoms with van der Waals surface area (Å²) < 4.78 is 1.91. The quantitative estimate of drug-likeness (QED) is 0.674. The average Bonchev–Trinajstić information content (AvgIpc) is 3.36. The van der Waals surface area contributed by atoms with Gasteiger partial charge in [-0.25, -0.2) is 4.98 Å². The number of pyridine rings is 2. The van der Waals surface area contributed by atoms with Crippen LogP contribution in [0.1, 0.15) is 41.9 Å². The number of aryl methyl sites for hydroxylation is 1. The third-order valence-electron chi connectivity index (χ3n) is 6.45. The van der Waals surface area contributed by atoms with Crippen molar-refractivity contribution in [2.24, 2.45) is 7.05 Å². The second-order valence-electron chi connectivity index (χ2n) is 8.28. The van der Waals surface area contributed by atoms with Crippen molar-refractivity contribution in [2.75, 3.05) is 13.1 Å². The molecule has 2 fully saturated rings. The van der Waals surface area contributed by atoms with Crippen LogP contribution in [0, 0.1) is 0 Å². The standard InChI is InChI=1S/C23H25N5O2/c1-26-15-9-17-7-8-19(25-20(17)26)21(29)28-14-5-11-23(28)10-4-13-27(22(23)30)16-18-6-2-3-12-24-18/h2-3,6-9,12,15H,4-5,10-11,13-14,16H2,1H3.